The lowest BCUT2D eigenvalue weighted by Crippen LogP contribution is -2.32. The molecule has 1 unspecified atom stereocenters. The molecule has 19 heavy (non-hydrogen) atoms. The first-order valence-electron chi connectivity index (χ1n) is 6.73. The fourth-order valence-electron chi connectivity index (χ4n) is 2.27. The Morgan fingerprint density at radius 3 is 2.42 bits per heavy atom. The van der Waals surface area contributed by atoms with Crippen molar-refractivity contribution in [2.75, 3.05) is 0 Å². The third kappa shape index (κ3) is 3.80. The van der Waals surface area contributed by atoms with Crippen molar-refractivity contribution in [2.24, 2.45) is 11.1 Å². The Morgan fingerprint density at radius 2 is 1.95 bits per heavy atom. The van der Waals surface area contributed by atoms with Gasteiger partial charge in [0.25, 0.3) is 0 Å². The molecule has 0 heterocycles. The van der Waals surface area contributed by atoms with Gasteiger partial charge >= 0.3 is 5.97 Å². The van der Waals surface area contributed by atoms with Gasteiger partial charge in [-0.3, -0.25) is 4.79 Å². The number of rotatable bonds is 5. The summed E-state index contributed by atoms with van der Waals surface area (Å²) in [7, 11) is 0. The van der Waals surface area contributed by atoms with Gasteiger partial charge in [0, 0.05) is 6.04 Å². The number of carbonyl (C=O) groups is 1. The van der Waals surface area contributed by atoms with Gasteiger partial charge in [0.05, 0.1) is 6.42 Å². The maximum atomic E-state index is 11.0. The van der Waals surface area contributed by atoms with Crippen LogP contribution < -0.4 is 5.73 Å². The lowest BCUT2D eigenvalue weighted by molar-refractivity contribution is -0.139. The van der Waals surface area contributed by atoms with Crippen molar-refractivity contribution in [1.82, 2.24) is 0 Å². The zero-order chi connectivity index (χ0) is 14.8. The summed E-state index contributed by atoms with van der Waals surface area (Å²) in [6.45, 7) is 10.1. The van der Waals surface area contributed by atoms with Crippen molar-refractivity contribution in [1.29, 1.82) is 0 Å². The number of nitrogens with two attached hydrogens (primary N) is 1. The molecule has 0 amide bonds. The maximum absolute atomic E-state index is 11.0. The average Bonchev–Trinajstić information content (AvgIpc) is 2.26. The van der Waals surface area contributed by atoms with Crippen LogP contribution >= 0.6 is 0 Å². The number of aryl methyl sites for hydroxylation is 1. The minimum Gasteiger partial charge on any atom is -0.481 e. The van der Waals surface area contributed by atoms with E-state index in [1.165, 1.54) is 5.56 Å². The molecule has 0 aromatic heterocycles. The molecule has 0 saturated heterocycles. The molecule has 1 atom stereocenters. The monoisotopic (exact) mass is 263 g/mol. The Bertz CT molecular complexity index is 464. The number of benzene rings is 1. The van der Waals surface area contributed by atoms with E-state index in [1.807, 2.05) is 20.8 Å². The molecule has 1 aromatic rings. The van der Waals surface area contributed by atoms with Crippen LogP contribution in [-0.4, -0.2) is 11.1 Å². The lowest BCUT2D eigenvalue weighted by atomic mass is 9.76. The molecule has 1 aromatic carbocycles. The van der Waals surface area contributed by atoms with Gasteiger partial charge in [-0.25, -0.2) is 0 Å². The molecule has 0 fully saturated rings. The second kappa shape index (κ2) is 5.74. The summed E-state index contributed by atoms with van der Waals surface area (Å²) in [5.41, 5.74) is 9.27. The summed E-state index contributed by atoms with van der Waals surface area (Å²) < 4.78 is 0. The van der Waals surface area contributed by atoms with Crippen LogP contribution in [0.1, 0.15) is 62.8 Å². The van der Waals surface area contributed by atoms with Crippen LogP contribution in [-0.2, 0) is 4.79 Å². The number of carboxylic acid groups (broad SMARTS) is 1. The third-order valence-corrected chi connectivity index (χ3v) is 3.75. The Balaban J connectivity index is 3.14. The minimum absolute atomic E-state index is 0.0690. The van der Waals surface area contributed by atoms with Crippen molar-refractivity contribution in [3.05, 3.63) is 34.9 Å². The summed E-state index contributed by atoms with van der Waals surface area (Å²) in [5.74, 6) is -0.368. The van der Waals surface area contributed by atoms with Crippen LogP contribution in [0.15, 0.2) is 18.2 Å². The molecule has 0 bridgehead atoms. The first-order valence-corrected chi connectivity index (χ1v) is 6.73. The van der Waals surface area contributed by atoms with Crippen molar-refractivity contribution < 1.29 is 9.90 Å². The van der Waals surface area contributed by atoms with Gasteiger partial charge in [0.15, 0.2) is 0 Å². The summed E-state index contributed by atoms with van der Waals surface area (Å²) in [4.78, 5) is 11.0. The molecular weight excluding hydrogens is 238 g/mol. The van der Waals surface area contributed by atoms with Crippen LogP contribution in [0.5, 0.6) is 0 Å². The topological polar surface area (TPSA) is 63.3 Å². The van der Waals surface area contributed by atoms with Gasteiger partial charge in [-0.05, 0) is 34.9 Å². The van der Waals surface area contributed by atoms with E-state index in [-0.39, 0.29) is 12.5 Å². The molecule has 3 N–H and O–H groups in total. The number of carboxylic acids is 1. The average molecular weight is 263 g/mol. The third-order valence-electron chi connectivity index (χ3n) is 3.75. The van der Waals surface area contributed by atoms with Gasteiger partial charge in [-0.1, -0.05) is 45.9 Å². The number of aliphatic carboxylic acids is 1. The number of hydrogen-bond donors (Lipinski definition) is 2. The van der Waals surface area contributed by atoms with Crippen molar-refractivity contribution in [3.63, 3.8) is 0 Å². The smallest absolute Gasteiger partial charge is 0.303 e. The van der Waals surface area contributed by atoms with Gasteiger partial charge in [0.1, 0.15) is 0 Å². The van der Waals surface area contributed by atoms with E-state index < -0.39 is 11.4 Å². The van der Waals surface area contributed by atoms with Crippen LogP contribution in [0.2, 0.25) is 0 Å². The van der Waals surface area contributed by atoms with Crippen molar-refractivity contribution in [3.8, 4) is 0 Å². The summed E-state index contributed by atoms with van der Waals surface area (Å²) in [6, 6.07) is 6.03. The highest BCUT2D eigenvalue weighted by atomic mass is 16.4. The molecule has 3 nitrogen and oxygen atoms in total. The van der Waals surface area contributed by atoms with Gasteiger partial charge < -0.3 is 10.8 Å². The second-order valence-corrected chi connectivity index (χ2v) is 6.31. The largest absolute Gasteiger partial charge is 0.481 e. The normalized spacial score (nSPS) is 13.6. The van der Waals surface area contributed by atoms with Crippen LogP contribution in [0.25, 0.3) is 0 Å². The molecular formula is C16H25NO2. The van der Waals surface area contributed by atoms with Gasteiger partial charge in [-0.2, -0.15) is 0 Å². The predicted octanol–water partition coefficient (Wildman–Crippen LogP) is 3.62. The van der Waals surface area contributed by atoms with E-state index in [9.17, 15) is 4.79 Å². The Labute approximate surface area is 115 Å². The predicted molar refractivity (Wildman–Crippen MR) is 78.2 cm³/mol. The van der Waals surface area contributed by atoms with Crippen LogP contribution in [0.4, 0.5) is 0 Å². The molecule has 0 radical (unpaired) electrons. The van der Waals surface area contributed by atoms with E-state index in [1.54, 1.807) is 0 Å². The number of hydrogen-bond acceptors (Lipinski definition) is 2. The molecule has 0 spiro atoms. The van der Waals surface area contributed by atoms with E-state index in [2.05, 4.69) is 32.0 Å². The summed E-state index contributed by atoms with van der Waals surface area (Å²) >= 11 is 0. The van der Waals surface area contributed by atoms with Crippen LogP contribution in [0, 0.1) is 12.3 Å². The fraction of sp³-hybridized carbons (Fsp3) is 0.562. The first-order chi connectivity index (χ1) is 8.65. The standard InChI is InChI=1S/C16H25NO2/c1-10(2)12-7-6-11(3)13(8-12)15(17)16(4,5)9-14(18)19/h6-8,10,15H,9,17H2,1-5H3,(H,18,19). The zero-order valence-electron chi connectivity index (χ0n) is 12.5. The van der Waals surface area contributed by atoms with Crippen LogP contribution in [0.3, 0.4) is 0 Å². The second-order valence-electron chi connectivity index (χ2n) is 6.31. The van der Waals surface area contributed by atoms with E-state index in [0.29, 0.717) is 5.92 Å². The summed E-state index contributed by atoms with van der Waals surface area (Å²) in [6.07, 6.45) is 0.0690. The Morgan fingerprint density at radius 1 is 1.37 bits per heavy atom. The molecule has 106 valence electrons. The fourth-order valence-corrected chi connectivity index (χ4v) is 2.27. The van der Waals surface area contributed by atoms with Gasteiger partial charge in [0.2, 0.25) is 0 Å². The highest BCUT2D eigenvalue weighted by molar-refractivity contribution is 5.67. The molecule has 0 aliphatic rings. The van der Waals surface area contributed by atoms with Crippen molar-refractivity contribution >= 4 is 5.97 Å². The SMILES string of the molecule is Cc1ccc(C(C)C)cc1C(N)C(C)(C)CC(=O)O. The lowest BCUT2D eigenvalue weighted by Gasteiger charge is -2.32. The highest BCUT2D eigenvalue weighted by Crippen LogP contribution is 2.36. The highest BCUT2D eigenvalue weighted by Gasteiger charge is 2.31. The Hall–Kier alpha value is -1.35. The quantitative estimate of drug-likeness (QED) is 0.852. The van der Waals surface area contributed by atoms with E-state index in [0.717, 1.165) is 11.1 Å². The van der Waals surface area contributed by atoms with Crippen molar-refractivity contribution in [2.45, 2.75) is 53.0 Å². The zero-order valence-corrected chi connectivity index (χ0v) is 12.5. The first kappa shape index (κ1) is 15.7. The van der Waals surface area contributed by atoms with Gasteiger partial charge in [-0.15, -0.1) is 0 Å². The van der Waals surface area contributed by atoms with E-state index >= 15 is 0 Å². The maximum Gasteiger partial charge on any atom is 0.303 e. The summed E-state index contributed by atoms with van der Waals surface area (Å²) in [5, 5.41) is 9.00. The molecule has 0 saturated carbocycles. The molecule has 3 heteroatoms. The van der Waals surface area contributed by atoms with E-state index in [4.69, 9.17) is 10.8 Å². The molecule has 1 rings (SSSR count). The minimum atomic E-state index is -0.807. The Kier molecular flexibility index (Phi) is 4.75. The molecule has 0 aliphatic heterocycles. The molecule has 0 aliphatic carbocycles.